The Bertz CT molecular complexity index is 1160. The highest BCUT2D eigenvalue weighted by Crippen LogP contribution is 2.24. The topological polar surface area (TPSA) is 98.5 Å². The number of hydrogen-bond acceptors (Lipinski definition) is 8. The molecule has 4 aromatic rings. The average molecular weight is 442 g/mol. The van der Waals surface area contributed by atoms with E-state index in [1.165, 1.54) is 45.5 Å². The van der Waals surface area contributed by atoms with Gasteiger partial charge in [0.2, 0.25) is 10.2 Å². The van der Waals surface area contributed by atoms with Crippen molar-refractivity contribution >= 4 is 29.0 Å². The van der Waals surface area contributed by atoms with Gasteiger partial charge in [-0.2, -0.15) is 4.68 Å². The van der Waals surface area contributed by atoms with Gasteiger partial charge in [-0.05, 0) is 41.1 Å². The summed E-state index contributed by atoms with van der Waals surface area (Å²) in [6.07, 6.45) is 0. The summed E-state index contributed by atoms with van der Waals surface area (Å²) in [5.41, 5.74) is 2.70. The Morgan fingerprint density at radius 3 is 2.80 bits per heavy atom. The van der Waals surface area contributed by atoms with Crippen LogP contribution in [0, 0.1) is 12.7 Å². The maximum Gasteiger partial charge on any atom is 0.282 e. The van der Waals surface area contributed by atoms with E-state index in [4.69, 9.17) is 0 Å². The van der Waals surface area contributed by atoms with Gasteiger partial charge in [0.25, 0.3) is 5.91 Å². The zero-order valence-corrected chi connectivity index (χ0v) is 17.5. The van der Waals surface area contributed by atoms with E-state index in [0.29, 0.717) is 33.2 Å². The van der Waals surface area contributed by atoms with Crippen LogP contribution in [0.25, 0.3) is 5.69 Å². The number of aromatic nitrogens is 6. The van der Waals surface area contributed by atoms with Crippen LogP contribution in [-0.2, 0) is 12.3 Å². The molecule has 0 atom stereocenters. The number of halogens is 1. The molecule has 4 rings (SSSR count). The number of nitrogens with one attached hydrogen (secondary N) is 1. The predicted molar refractivity (Wildman–Crippen MR) is 111 cm³/mol. The maximum absolute atomic E-state index is 13.5. The minimum absolute atomic E-state index is 0.270. The number of benzene rings is 2. The number of carbonyl (C=O) groups is 1. The second kappa shape index (κ2) is 9.09. The fraction of sp³-hybridized carbons (Fsp3) is 0.158. The van der Waals surface area contributed by atoms with E-state index in [-0.39, 0.29) is 11.7 Å². The molecule has 2 aromatic heterocycles. The lowest BCUT2D eigenvalue weighted by molar-refractivity contribution is 0.0950. The summed E-state index contributed by atoms with van der Waals surface area (Å²) in [5, 5.41) is 23.9. The smallest absolute Gasteiger partial charge is 0.282 e. The highest BCUT2D eigenvalue weighted by molar-refractivity contribution is 7.98. The average Bonchev–Trinajstić information content (AvgIpc) is 3.41. The first-order valence-corrected chi connectivity index (χ1v) is 10.7. The normalized spacial score (nSPS) is 10.9. The monoisotopic (exact) mass is 441 g/mol. The maximum atomic E-state index is 13.5. The van der Waals surface area contributed by atoms with Gasteiger partial charge >= 0.3 is 0 Å². The highest BCUT2D eigenvalue weighted by Gasteiger charge is 2.15. The van der Waals surface area contributed by atoms with Crippen LogP contribution in [0.5, 0.6) is 0 Å². The van der Waals surface area contributed by atoms with E-state index >= 15 is 0 Å². The molecular formula is C19H16FN7OS2. The zero-order valence-electron chi connectivity index (χ0n) is 15.8. The fourth-order valence-corrected chi connectivity index (χ4v) is 4.17. The molecule has 0 unspecified atom stereocenters. The Kier molecular flexibility index (Phi) is 6.10. The second-order valence-corrected chi connectivity index (χ2v) is 8.32. The molecular weight excluding hydrogens is 425 g/mol. The van der Waals surface area contributed by atoms with E-state index in [0.717, 1.165) is 5.56 Å². The fourth-order valence-electron chi connectivity index (χ4n) is 2.53. The van der Waals surface area contributed by atoms with Crippen molar-refractivity contribution in [2.24, 2.45) is 0 Å². The molecule has 8 nitrogen and oxygen atoms in total. The third kappa shape index (κ3) is 4.86. The lowest BCUT2D eigenvalue weighted by atomic mass is 10.1. The Morgan fingerprint density at radius 1 is 1.17 bits per heavy atom. The molecule has 1 N–H and O–H groups in total. The molecule has 11 heteroatoms. The van der Waals surface area contributed by atoms with Gasteiger partial charge in [-0.3, -0.25) is 4.79 Å². The Balaban J connectivity index is 1.36. The second-order valence-electron chi connectivity index (χ2n) is 6.31. The van der Waals surface area contributed by atoms with Crippen molar-refractivity contribution < 1.29 is 9.18 Å². The lowest BCUT2D eigenvalue weighted by Crippen LogP contribution is -2.22. The van der Waals surface area contributed by atoms with Gasteiger partial charge in [0.05, 0.1) is 11.4 Å². The third-order valence-corrected chi connectivity index (χ3v) is 6.09. The molecule has 2 aromatic carbocycles. The van der Waals surface area contributed by atoms with E-state index in [1.807, 2.05) is 31.2 Å². The number of amides is 1. The van der Waals surface area contributed by atoms with Crippen molar-refractivity contribution in [1.82, 2.24) is 35.7 Å². The number of hydrogen-bond donors (Lipinski definition) is 1. The summed E-state index contributed by atoms with van der Waals surface area (Å²) in [5.74, 6) is -0.211. The zero-order chi connectivity index (χ0) is 20.9. The molecule has 0 fully saturated rings. The Labute approximate surface area is 179 Å². The van der Waals surface area contributed by atoms with Crippen molar-refractivity contribution in [2.45, 2.75) is 24.4 Å². The SMILES string of the molecule is Cc1ccc(CNC(=O)c2nnc(CSc3nnnn3-c3cccc(F)c3)s2)cc1. The van der Waals surface area contributed by atoms with Gasteiger partial charge in [-0.15, -0.1) is 15.3 Å². The van der Waals surface area contributed by atoms with Crippen molar-refractivity contribution in [3.05, 3.63) is 75.5 Å². The number of nitrogens with zero attached hydrogens (tertiary/aromatic N) is 6. The molecule has 0 aliphatic heterocycles. The van der Waals surface area contributed by atoms with E-state index in [9.17, 15) is 9.18 Å². The molecule has 0 aliphatic carbocycles. The standard InChI is InChI=1S/C19H16FN7OS2/c1-12-5-7-13(8-6-12)10-21-17(28)18-23-22-16(30-18)11-29-19-24-25-26-27(19)15-4-2-3-14(20)9-15/h2-9H,10-11H2,1H3,(H,21,28). The number of thioether (sulfide) groups is 1. The molecule has 0 saturated heterocycles. The van der Waals surface area contributed by atoms with Gasteiger partial charge in [0.15, 0.2) is 0 Å². The van der Waals surface area contributed by atoms with Crippen molar-refractivity contribution in [3.63, 3.8) is 0 Å². The molecule has 0 radical (unpaired) electrons. The summed E-state index contributed by atoms with van der Waals surface area (Å²) in [6.45, 7) is 2.44. The molecule has 0 aliphatic rings. The van der Waals surface area contributed by atoms with Crippen LogP contribution >= 0.6 is 23.1 Å². The van der Waals surface area contributed by atoms with Crippen molar-refractivity contribution in [1.29, 1.82) is 0 Å². The predicted octanol–water partition coefficient (Wildman–Crippen LogP) is 3.18. The molecule has 0 saturated carbocycles. The minimum Gasteiger partial charge on any atom is -0.346 e. The first-order chi connectivity index (χ1) is 14.6. The van der Waals surface area contributed by atoms with Gasteiger partial charge in [0, 0.05) is 6.54 Å². The van der Waals surface area contributed by atoms with Crippen molar-refractivity contribution in [3.8, 4) is 5.69 Å². The summed E-state index contributed by atoms with van der Waals surface area (Å²) in [4.78, 5) is 12.3. The van der Waals surface area contributed by atoms with Crippen molar-refractivity contribution in [2.75, 3.05) is 0 Å². The molecule has 2 heterocycles. The van der Waals surface area contributed by atoms with Crippen LogP contribution in [-0.4, -0.2) is 36.3 Å². The van der Waals surface area contributed by atoms with E-state index in [1.54, 1.807) is 12.1 Å². The number of tetrazole rings is 1. The summed E-state index contributed by atoms with van der Waals surface area (Å²) >= 11 is 2.54. The summed E-state index contributed by atoms with van der Waals surface area (Å²) in [6, 6.07) is 14.0. The van der Waals surface area contributed by atoms with Crippen LogP contribution in [0.4, 0.5) is 4.39 Å². The van der Waals surface area contributed by atoms with Gasteiger partial charge in [-0.1, -0.05) is 59.0 Å². The van der Waals surface area contributed by atoms with Crippen LogP contribution in [0.15, 0.2) is 53.7 Å². The number of aryl methyl sites for hydroxylation is 1. The van der Waals surface area contributed by atoms with Crippen LogP contribution in [0.3, 0.4) is 0 Å². The molecule has 0 bridgehead atoms. The van der Waals surface area contributed by atoms with Gasteiger partial charge in [0.1, 0.15) is 10.8 Å². The van der Waals surface area contributed by atoms with Crippen LogP contribution < -0.4 is 5.32 Å². The Hall–Kier alpha value is -3.18. The molecule has 152 valence electrons. The van der Waals surface area contributed by atoms with E-state index < -0.39 is 0 Å². The largest absolute Gasteiger partial charge is 0.346 e. The van der Waals surface area contributed by atoms with Crippen LogP contribution in [0.1, 0.15) is 25.9 Å². The minimum atomic E-state index is -0.371. The summed E-state index contributed by atoms with van der Waals surface area (Å²) < 4.78 is 14.9. The van der Waals surface area contributed by atoms with E-state index in [2.05, 4.69) is 31.0 Å². The molecule has 1 amide bonds. The quantitative estimate of drug-likeness (QED) is 0.440. The van der Waals surface area contributed by atoms with Gasteiger partial charge < -0.3 is 5.32 Å². The first-order valence-electron chi connectivity index (χ1n) is 8.92. The molecule has 0 spiro atoms. The molecule has 30 heavy (non-hydrogen) atoms. The Morgan fingerprint density at radius 2 is 2.00 bits per heavy atom. The van der Waals surface area contributed by atoms with Crippen LogP contribution in [0.2, 0.25) is 0 Å². The number of carbonyl (C=O) groups excluding carboxylic acids is 1. The lowest BCUT2D eigenvalue weighted by Gasteiger charge is -2.03. The third-order valence-electron chi connectivity index (χ3n) is 4.05. The number of rotatable bonds is 7. The summed E-state index contributed by atoms with van der Waals surface area (Å²) in [7, 11) is 0. The first kappa shape index (κ1) is 20.1. The highest BCUT2D eigenvalue weighted by atomic mass is 32.2. The van der Waals surface area contributed by atoms with Gasteiger partial charge in [-0.25, -0.2) is 4.39 Å².